The molecule has 0 spiro atoms. The number of hydrogen-bond acceptors (Lipinski definition) is 4. The molecule has 0 aromatic heterocycles. The van der Waals surface area contributed by atoms with E-state index in [0.29, 0.717) is 31.6 Å². The Morgan fingerprint density at radius 1 is 0.774 bits per heavy atom. The molecule has 0 saturated heterocycles. The molecule has 31 heavy (non-hydrogen) atoms. The number of hydrogen-bond donors (Lipinski definition) is 2. The van der Waals surface area contributed by atoms with Crippen LogP contribution in [0.4, 0.5) is 0 Å². The maximum absolute atomic E-state index is 11.4. The van der Waals surface area contributed by atoms with Crippen LogP contribution in [0.5, 0.6) is 17.2 Å². The van der Waals surface area contributed by atoms with Crippen molar-refractivity contribution in [3.63, 3.8) is 0 Å². The molecule has 0 aliphatic heterocycles. The van der Waals surface area contributed by atoms with Gasteiger partial charge in [-0.3, -0.25) is 9.79 Å². The van der Waals surface area contributed by atoms with Crippen LogP contribution in [0.25, 0.3) is 0 Å². The third-order valence-electron chi connectivity index (χ3n) is 5.04. The van der Waals surface area contributed by atoms with E-state index in [0.717, 1.165) is 28.2 Å². The quantitative estimate of drug-likeness (QED) is 0.429. The van der Waals surface area contributed by atoms with E-state index in [2.05, 4.69) is 0 Å². The van der Waals surface area contributed by atoms with Gasteiger partial charge in [-0.15, -0.1) is 0 Å². The Balaban J connectivity index is 1.79. The molecule has 7 heteroatoms. The maximum Gasteiger partial charge on any atom is 0.524 e. The summed E-state index contributed by atoms with van der Waals surface area (Å²) < 4.78 is 28.0. The van der Waals surface area contributed by atoms with E-state index in [1.165, 1.54) is 0 Å². The number of para-hydroxylation sites is 2. The summed E-state index contributed by atoms with van der Waals surface area (Å²) in [5, 5.41) is 0. The van der Waals surface area contributed by atoms with Gasteiger partial charge >= 0.3 is 7.82 Å². The Morgan fingerprint density at radius 2 is 1.29 bits per heavy atom. The van der Waals surface area contributed by atoms with E-state index in [1.807, 2.05) is 67.6 Å². The molecule has 0 aliphatic rings. The van der Waals surface area contributed by atoms with E-state index >= 15 is 0 Å². The van der Waals surface area contributed by atoms with Gasteiger partial charge in [0.05, 0.1) is 13.2 Å². The molecule has 0 amide bonds. The lowest BCUT2D eigenvalue weighted by atomic mass is 9.93. The molecule has 0 saturated carbocycles. The summed E-state index contributed by atoms with van der Waals surface area (Å²) in [6.45, 7) is 4.64. The van der Waals surface area contributed by atoms with Crippen molar-refractivity contribution in [3.8, 4) is 17.2 Å². The van der Waals surface area contributed by atoms with Gasteiger partial charge in [-0.05, 0) is 66.4 Å². The van der Waals surface area contributed by atoms with Gasteiger partial charge in [-0.1, -0.05) is 36.4 Å². The van der Waals surface area contributed by atoms with Gasteiger partial charge in [0.1, 0.15) is 17.2 Å². The van der Waals surface area contributed by atoms with Crippen LogP contribution >= 0.6 is 7.82 Å². The SMILES string of the molecule is Cc1c(OP(=O)(O)O)cc(CCOc2ccccc2)c(CCOc2ccccc2)c1C. The number of phosphoric acid groups is 1. The summed E-state index contributed by atoms with van der Waals surface area (Å²) >= 11 is 0. The average molecular weight is 442 g/mol. The van der Waals surface area contributed by atoms with E-state index in [9.17, 15) is 14.4 Å². The zero-order valence-electron chi connectivity index (χ0n) is 17.7. The van der Waals surface area contributed by atoms with Crippen molar-refractivity contribution in [3.05, 3.63) is 89.0 Å². The Labute approximate surface area is 182 Å². The molecular weight excluding hydrogens is 415 g/mol. The Morgan fingerprint density at radius 3 is 1.81 bits per heavy atom. The summed E-state index contributed by atoms with van der Waals surface area (Å²) in [6, 6.07) is 20.8. The van der Waals surface area contributed by atoms with Crippen LogP contribution in [0.15, 0.2) is 66.7 Å². The summed E-state index contributed by atoms with van der Waals surface area (Å²) in [7, 11) is -4.66. The first kappa shape index (κ1) is 22.9. The fraction of sp³-hybridized carbons (Fsp3) is 0.250. The van der Waals surface area contributed by atoms with Crippen LogP contribution in [0.1, 0.15) is 22.3 Å². The van der Waals surface area contributed by atoms with Crippen LogP contribution < -0.4 is 14.0 Å². The summed E-state index contributed by atoms with van der Waals surface area (Å²) in [5.74, 6) is 1.76. The molecule has 0 fully saturated rings. The van der Waals surface area contributed by atoms with Crippen molar-refractivity contribution in [1.29, 1.82) is 0 Å². The lowest BCUT2D eigenvalue weighted by Gasteiger charge is -2.20. The second-order valence-corrected chi connectivity index (χ2v) is 8.33. The molecule has 0 heterocycles. The van der Waals surface area contributed by atoms with E-state index in [-0.39, 0.29) is 5.75 Å². The molecule has 0 atom stereocenters. The zero-order valence-corrected chi connectivity index (χ0v) is 18.5. The summed E-state index contributed by atoms with van der Waals surface area (Å²) in [5.41, 5.74) is 3.62. The van der Waals surface area contributed by atoms with Crippen molar-refractivity contribution in [2.45, 2.75) is 26.7 Å². The molecule has 0 unspecified atom stereocenters. The fourth-order valence-corrected chi connectivity index (χ4v) is 3.83. The van der Waals surface area contributed by atoms with Gasteiger partial charge < -0.3 is 14.0 Å². The van der Waals surface area contributed by atoms with Gasteiger partial charge in [-0.25, -0.2) is 4.57 Å². The Bertz CT molecular complexity index is 1030. The molecule has 0 aliphatic carbocycles. The highest BCUT2D eigenvalue weighted by Crippen LogP contribution is 2.41. The first-order chi connectivity index (χ1) is 14.8. The highest BCUT2D eigenvalue weighted by atomic mass is 31.2. The minimum Gasteiger partial charge on any atom is -0.493 e. The topological polar surface area (TPSA) is 85.2 Å². The van der Waals surface area contributed by atoms with E-state index in [1.54, 1.807) is 13.0 Å². The lowest BCUT2D eigenvalue weighted by molar-refractivity contribution is 0.282. The van der Waals surface area contributed by atoms with Crippen molar-refractivity contribution in [1.82, 2.24) is 0 Å². The van der Waals surface area contributed by atoms with Crippen molar-refractivity contribution < 1.29 is 28.3 Å². The highest BCUT2D eigenvalue weighted by Gasteiger charge is 2.21. The van der Waals surface area contributed by atoms with E-state index < -0.39 is 7.82 Å². The van der Waals surface area contributed by atoms with Crippen molar-refractivity contribution in [2.75, 3.05) is 13.2 Å². The second-order valence-electron chi connectivity index (χ2n) is 7.17. The van der Waals surface area contributed by atoms with Crippen molar-refractivity contribution in [2.24, 2.45) is 0 Å². The van der Waals surface area contributed by atoms with Gasteiger partial charge in [0.2, 0.25) is 0 Å². The molecule has 3 rings (SSSR count). The number of rotatable bonds is 10. The largest absolute Gasteiger partial charge is 0.524 e. The molecule has 0 radical (unpaired) electrons. The predicted molar refractivity (Wildman–Crippen MR) is 120 cm³/mol. The van der Waals surface area contributed by atoms with E-state index in [4.69, 9.17) is 14.0 Å². The smallest absolute Gasteiger partial charge is 0.493 e. The highest BCUT2D eigenvalue weighted by molar-refractivity contribution is 7.46. The first-order valence-electron chi connectivity index (χ1n) is 10.1. The summed E-state index contributed by atoms with van der Waals surface area (Å²) in [6.07, 6.45) is 1.21. The van der Waals surface area contributed by atoms with Crippen LogP contribution in [-0.2, 0) is 17.4 Å². The average Bonchev–Trinajstić information content (AvgIpc) is 2.74. The van der Waals surface area contributed by atoms with Gasteiger partial charge in [0.15, 0.2) is 0 Å². The third kappa shape index (κ3) is 6.86. The number of phosphoric ester groups is 1. The molecule has 164 valence electrons. The predicted octanol–water partition coefficient (Wildman–Crippen LogP) is 5.02. The molecule has 6 nitrogen and oxygen atoms in total. The monoisotopic (exact) mass is 442 g/mol. The molecule has 2 N–H and O–H groups in total. The minimum atomic E-state index is -4.66. The van der Waals surface area contributed by atoms with Gasteiger partial charge in [0.25, 0.3) is 0 Å². The number of ether oxygens (including phenoxy) is 2. The van der Waals surface area contributed by atoms with Crippen molar-refractivity contribution >= 4 is 7.82 Å². The first-order valence-corrected chi connectivity index (χ1v) is 11.6. The molecule has 3 aromatic carbocycles. The Kier molecular flexibility index (Phi) is 7.75. The van der Waals surface area contributed by atoms with Crippen LogP contribution in [-0.4, -0.2) is 23.0 Å². The Hall–Kier alpha value is -2.79. The fourth-order valence-electron chi connectivity index (χ4n) is 3.38. The summed E-state index contributed by atoms with van der Waals surface area (Å²) in [4.78, 5) is 18.6. The van der Waals surface area contributed by atoms with Crippen LogP contribution in [0.2, 0.25) is 0 Å². The maximum atomic E-state index is 11.4. The van der Waals surface area contributed by atoms with Crippen LogP contribution in [0.3, 0.4) is 0 Å². The standard InChI is InChI=1S/C24H27O6P/c1-18-19(2)24(30-31(25,26)27)17-20(13-15-28-21-9-5-3-6-10-21)23(18)14-16-29-22-11-7-4-8-12-22/h3-12,17H,13-16H2,1-2H3,(H2,25,26,27). The van der Waals surface area contributed by atoms with Gasteiger partial charge in [-0.2, -0.15) is 0 Å². The second kappa shape index (κ2) is 10.5. The molecule has 0 bridgehead atoms. The van der Waals surface area contributed by atoms with Gasteiger partial charge in [0, 0.05) is 12.8 Å². The number of benzene rings is 3. The normalized spacial score (nSPS) is 11.2. The molecule has 3 aromatic rings. The zero-order chi connectivity index (χ0) is 22.3. The lowest BCUT2D eigenvalue weighted by Crippen LogP contribution is -2.11. The minimum absolute atomic E-state index is 0.188. The molecular formula is C24H27O6P. The van der Waals surface area contributed by atoms with Crippen LogP contribution in [0, 0.1) is 13.8 Å². The third-order valence-corrected chi connectivity index (χ3v) is 5.48.